The first-order valence-electron chi connectivity index (χ1n) is 7.20. The second kappa shape index (κ2) is 8.48. The fourth-order valence-corrected chi connectivity index (χ4v) is 2.66. The highest BCUT2D eigenvalue weighted by atomic mass is 16.5. The van der Waals surface area contributed by atoms with Gasteiger partial charge in [-0.3, -0.25) is 9.69 Å². The number of carbonyl (C=O) groups is 1. The van der Waals surface area contributed by atoms with Crippen molar-refractivity contribution in [1.29, 1.82) is 0 Å². The quantitative estimate of drug-likeness (QED) is 0.679. The lowest BCUT2D eigenvalue weighted by Crippen LogP contribution is -2.50. The monoisotopic (exact) mass is 257 g/mol. The van der Waals surface area contributed by atoms with E-state index in [0.717, 1.165) is 19.6 Å². The van der Waals surface area contributed by atoms with Crippen LogP contribution >= 0.6 is 0 Å². The van der Waals surface area contributed by atoms with Crippen molar-refractivity contribution in [2.24, 2.45) is 0 Å². The van der Waals surface area contributed by atoms with Gasteiger partial charge in [0, 0.05) is 18.6 Å². The van der Waals surface area contributed by atoms with E-state index in [0.29, 0.717) is 12.6 Å². The summed E-state index contributed by atoms with van der Waals surface area (Å²) >= 11 is 0. The minimum absolute atomic E-state index is 0.0532. The van der Waals surface area contributed by atoms with Crippen LogP contribution in [0.1, 0.15) is 52.4 Å². The van der Waals surface area contributed by atoms with Crippen molar-refractivity contribution >= 4 is 5.97 Å². The number of aliphatic carboxylic acids is 1. The molecule has 0 aromatic rings. The van der Waals surface area contributed by atoms with E-state index in [1.807, 2.05) is 0 Å². The van der Waals surface area contributed by atoms with E-state index >= 15 is 0 Å². The maximum absolute atomic E-state index is 10.9. The highest BCUT2D eigenvalue weighted by Gasteiger charge is 2.28. The molecule has 1 aliphatic rings. The summed E-state index contributed by atoms with van der Waals surface area (Å²) < 4.78 is 5.40. The van der Waals surface area contributed by atoms with E-state index in [2.05, 4.69) is 18.7 Å². The maximum atomic E-state index is 10.9. The standard InChI is InChI=1S/C14H27NO3/c1-3-4-5-6-7-12(2)15-8-9-18-11-13(15)10-14(16)17/h12-13H,3-11H2,1-2H3,(H,16,17). The molecule has 1 rings (SSSR count). The molecule has 1 aliphatic heterocycles. The molecule has 0 spiro atoms. The number of carboxylic acid groups (broad SMARTS) is 1. The van der Waals surface area contributed by atoms with Crippen LogP contribution in [0.3, 0.4) is 0 Å². The summed E-state index contributed by atoms with van der Waals surface area (Å²) in [7, 11) is 0. The number of morpholine rings is 1. The summed E-state index contributed by atoms with van der Waals surface area (Å²) in [5.74, 6) is -0.728. The first kappa shape index (κ1) is 15.4. The van der Waals surface area contributed by atoms with Gasteiger partial charge in [-0.1, -0.05) is 32.6 Å². The average molecular weight is 257 g/mol. The molecule has 4 heteroatoms. The third-order valence-corrected chi connectivity index (χ3v) is 3.72. The van der Waals surface area contributed by atoms with Crippen LogP contribution in [-0.2, 0) is 9.53 Å². The van der Waals surface area contributed by atoms with Crippen LogP contribution in [0.5, 0.6) is 0 Å². The largest absolute Gasteiger partial charge is 0.481 e. The van der Waals surface area contributed by atoms with Crippen LogP contribution in [0.15, 0.2) is 0 Å². The smallest absolute Gasteiger partial charge is 0.305 e. The summed E-state index contributed by atoms with van der Waals surface area (Å²) in [6, 6.07) is 0.521. The average Bonchev–Trinajstić information content (AvgIpc) is 2.34. The van der Waals surface area contributed by atoms with Gasteiger partial charge in [0.05, 0.1) is 19.6 Å². The molecule has 0 radical (unpaired) electrons. The predicted molar refractivity (Wildman–Crippen MR) is 71.8 cm³/mol. The van der Waals surface area contributed by atoms with Gasteiger partial charge in [-0.05, 0) is 13.3 Å². The lowest BCUT2D eigenvalue weighted by molar-refractivity contribution is -0.140. The third kappa shape index (κ3) is 5.36. The van der Waals surface area contributed by atoms with Gasteiger partial charge in [0.2, 0.25) is 0 Å². The van der Waals surface area contributed by atoms with Gasteiger partial charge in [-0.2, -0.15) is 0 Å². The van der Waals surface area contributed by atoms with Crippen molar-refractivity contribution in [1.82, 2.24) is 4.90 Å². The summed E-state index contributed by atoms with van der Waals surface area (Å²) in [6.45, 7) is 6.59. The predicted octanol–water partition coefficient (Wildman–Crippen LogP) is 2.52. The summed E-state index contributed by atoms with van der Waals surface area (Å²) in [4.78, 5) is 13.2. The van der Waals surface area contributed by atoms with Gasteiger partial charge in [0.25, 0.3) is 0 Å². The Morgan fingerprint density at radius 2 is 2.22 bits per heavy atom. The minimum Gasteiger partial charge on any atom is -0.481 e. The third-order valence-electron chi connectivity index (χ3n) is 3.72. The SMILES string of the molecule is CCCCCCC(C)N1CCOCC1CC(=O)O. The van der Waals surface area contributed by atoms with Crippen LogP contribution in [0, 0.1) is 0 Å². The number of rotatable bonds is 8. The Kier molecular flexibility index (Phi) is 7.28. The van der Waals surface area contributed by atoms with Gasteiger partial charge in [0.1, 0.15) is 0 Å². The number of nitrogens with zero attached hydrogens (tertiary/aromatic N) is 1. The molecule has 4 nitrogen and oxygen atoms in total. The van der Waals surface area contributed by atoms with Crippen molar-refractivity contribution in [3.63, 3.8) is 0 Å². The molecule has 2 atom stereocenters. The number of unbranched alkanes of at least 4 members (excludes halogenated alkanes) is 3. The molecule has 0 amide bonds. The Labute approximate surface area is 110 Å². The zero-order chi connectivity index (χ0) is 13.4. The van der Waals surface area contributed by atoms with Crippen LogP contribution in [0.25, 0.3) is 0 Å². The Morgan fingerprint density at radius 3 is 2.89 bits per heavy atom. The van der Waals surface area contributed by atoms with E-state index in [1.54, 1.807) is 0 Å². The molecular formula is C14H27NO3. The molecule has 1 fully saturated rings. The van der Waals surface area contributed by atoms with E-state index < -0.39 is 5.97 Å². The molecule has 0 saturated carbocycles. The summed E-state index contributed by atoms with van der Waals surface area (Å²) in [5, 5.41) is 8.93. The van der Waals surface area contributed by atoms with Gasteiger partial charge in [-0.15, -0.1) is 0 Å². The molecule has 18 heavy (non-hydrogen) atoms. The Balaban J connectivity index is 2.36. The van der Waals surface area contributed by atoms with Crippen molar-refractivity contribution in [3.05, 3.63) is 0 Å². The molecule has 1 N–H and O–H groups in total. The maximum Gasteiger partial charge on any atom is 0.305 e. The first-order chi connectivity index (χ1) is 8.65. The minimum atomic E-state index is -0.728. The number of hydrogen-bond acceptors (Lipinski definition) is 3. The van der Waals surface area contributed by atoms with Crippen molar-refractivity contribution in [2.45, 2.75) is 64.5 Å². The Hall–Kier alpha value is -0.610. The zero-order valence-corrected chi connectivity index (χ0v) is 11.7. The lowest BCUT2D eigenvalue weighted by atomic mass is 10.0. The van der Waals surface area contributed by atoms with Crippen LogP contribution in [-0.4, -0.2) is 47.8 Å². The highest BCUT2D eigenvalue weighted by Crippen LogP contribution is 2.18. The molecule has 1 saturated heterocycles. The Morgan fingerprint density at radius 1 is 1.44 bits per heavy atom. The second-order valence-electron chi connectivity index (χ2n) is 5.26. The van der Waals surface area contributed by atoms with Crippen LogP contribution in [0.2, 0.25) is 0 Å². The van der Waals surface area contributed by atoms with E-state index in [-0.39, 0.29) is 12.5 Å². The number of hydrogen-bond donors (Lipinski definition) is 1. The van der Waals surface area contributed by atoms with Crippen LogP contribution in [0.4, 0.5) is 0 Å². The topological polar surface area (TPSA) is 49.8 Å². The van der Waals surface area contributed by atoms with Crippen LogP contribution < -0.4 is 0 Å². The lowest BCUT2D eigenvalue weighted by Gasteiger charge is -2.39. The van der Waals surface area contributed by atoms with Crippen molar-refractivity contribution in [3.8, 4) is 0 Å². The summed E-state index contributed by atoms with van der Waals surface area (Å²) in [6.07, 6.45) is 6.44. The molecule has 2 unspecified atom stereocenters. The number of carboxylic acids is 1. The Bertz CT molecular complexity index is 245. The molecule has 0 aliphatic carbocycles. The normalized spacial score (nSPS) is 22.9. The first-order valence-corrected chi connectivity index (χ1v) is 7.20. The molecule has 0 aromatic heterocycles. The van der Waals surface area contributed by atoms with Gasteiger partial charge in [0.15, 0.2) is 0 Å². The molecule has 106 valence electrons. The summed E-state index contributed by atoms with van der Waals surface area (Å²) in [5.41, 5.74) is 0. The van der Waals surface area contributed by atoms with E-state index in [4.69, 9.17) is 9.84 Å². The number of ether oxygens (including phenoxy) is 1. The zero-order valence-electron chi connectivity index (χ0n) is 11.7. The second-order valence-corrected chi connectivity index (χ2v) is 5.26. The van der Waals surface area contributed by atoms with Gasteiger partial charge in [-0.25, -0.2) is 0 Å². The molecule has 1 heterocycles. The van der Waals surface area contributed by atoms with Gasteiger partial charge >= 0.3 is 5.97 Å². The van der Waals surface area contributed by atoms with Gasteiger partial charge < -0.3 is 9.84 Å². The van der Waals surface area contributed by atoms with E-state index in [1.165, 1.54) is 25.7 Å². The fraction of sp³-hybridized carbons (Fsp3) is 0.929. The highest BCUT2D eigenvalue weighted by molar-refractivity contribution is 5.67. The molecule has 0 aromatic carbocycles. The van der Waals surface area contributed by atoms with Crippen molar-refractivity contribution < 1.29 is 14.6 Å². The fourth-order valence-electron chi connectivity index (χ4n) is 2.66. The molecular weight excluding hydrogens is 230 g/mol. The van der Waals surface area contributed by atoms with E-state index in [9.17, 15) is 4.79 Å². The van der Waals surface area contributed by atoms with Crippen molar-refractivity contribution in [2.75, 3.05) is 19.8 Å². The molecule has 0 bridgehead atoms.